The van der Waals surface area contributed by atoms with E-state index in [0.29, 0.717) is 23.4 Å². The predicted octanol–water partition coefficient (Wildman–Crippen LogP) is 1.12. The standard InChI is InChI=1S/C14H21N3O3/c1-4-16-9(2)7-13(18)17-11-8-10(14(15)19)5-6-12(11)20-3/h5-6,8-9,16H,4,7H2,1-3H3,(H2,15,19)(H,17,18). The third-order valence-electron chi connectivity index (χ3n) is 2.80. The Morgan fingerprint density at radius 1 is 1.40 bits per heavy atom. The molecule has 0 spiro atoms. The van der Waals surface area contributed by atoms with E-state index in [1.54, 1.807) is 12.1 Å². The Bertz CT molecular complexity index is 489. The van der Waals surface area contributed by atoms with Crippen molar-refractivity contribution in [1.29, 1.82) is 0 Å². The zero-order chi connectivity index (χ0) is 15.1. The zero-order valence-electron chi connectivity index (χ0n) is 12.0. The number of nitrogens with one attached hydrogen (secondary N) is 2. The molecule has 0 saturated carbocycles. The first-order valence-corrected chi connectivity index (χ1v) is 6.49. The fourth-order valence-electron chi connectivity index (χ4n) is 1.86. The molecule has 0 aromatic heterocycles. The van der Waals surface area contributed by atoms with Gasteiger partial charge in [0.05, 0.1) is 12.8 Å². The number of hydrogen-bond acceptors (Lipinski definition) is 4. The van der Waals surface area contributed by atoms with Gasteiger partial charge in [-0.3, -0.25) is 9.59 Å². The van der Waals surface area contributed by atoms with Crippen LogP contribution in [-0.2, 0) is 4.79 Å². The first-order chi connectivity index (χ1) is 9.47. The highest BCUT2D eigenvalue weighted by atomic mass is 16.5. The topological polar surface area (TPSA) is 93.5 Å². The highest BCUT2D eigenvalue weighted by molar-refractivity contribution is 5.97. The summed E-state index contributed by atoms with van der Waals surface area (Å²) in [5.41, 5.74) is 5.99. The first kappa shape index (κ1) is 16.0. The van der Waals surface area contributed by atoms with E-state index >= 15 is 0 Å². The van der Waals surface area contributed by atoms with E-state index in [2.05, 4.69) is 10.6 Å². The smallest absolute Gasteiger partial charge is 0.248 e. The van der Waals surface area contributed by atoms with E-state index in [-0.39, 0.29) is 11.9 Å². The number of hydrogen-bond donors (Lipinski definition) is 3. The van der Waals surface area contributed by atoms with Crippen molar-refractivity contribution in [2.24, 2.45) is 5.73 Å². The van der Waals surface area contributed by atoms with Crippen molar-refractivity contribution >= 4 is 17.5 Å². The van der Waals surface area contributed by atoms with Gasteiger partial charge in [0.15, 0.2) is 0 Å². The minimum Gasteiger partial charge on any atom is -0.495 e. The lowest BCUT2D eigenvalue weighted by Crippen LogP contribution is -2.30. The Hall–Kier alpha value is -2.08. The number of primary amides is 1. The summed E-state index contributed by atoms with van der Waals surface area (Å²) < 4.78 is 5.15. The van der Waals surface area contributed by atoms with Crippen LogP contribution in [0.25, 0.3) is 0 Å². The first-order valence-electron chi connectivity index (χ1n) is 6.49. The Balaban J connectivity index is 2.81. The fraction of sp³-hybridized carbons (Fsp3) is 0.429. The second-order valence-electron chi connectivity index (χ2n) is 4.49. The lowest BCUT2D eigenvalue weighted by atomic mass is 10.1. The van der Waals surface area contributed by atoms with Gasteiger partial charge in [-0.15, -0.1) is 0 Å². The van der Waals surface area contributed by atoms with Crippen molar-refractivity contribution < 1.29 is 14.3 Å². The van der Waals surface area contributed by atoms with Crippen LogP contribution >= 0.6 is 0 Å². The van der Waals surface area contributed by atoms with Crippen LogP contribution in [-0.4, -0.2) is 31.5 Å². The van der Waals surface area contributed by atoms with Crippen molar-refractivity contribution in [3.8, 4) is 5.75 Å². The maximum atomic E-state index is 11.9. The van der Waals surface area contributed by atoms with Gasteiger partial charge >= 0.3 is 0 Å². The summed E-state index contributed by atoms with van der Waals surface area (Å²) >= 11 is 0. The molecule has 0 heterocycles. The number of benzene rings is 1. The van der Waals surface area contributed by atoms with Gasteiger partial charge in [-0.1, -0.05) is 6.92 Å². The third-order valence-corrected chi connectivity index (χ3v) is 2.80. The van der Waals surface area contributed by atoms with Crippen LogP contribution in [0.1, 0.15) is 30.6 Å². The molecule has 0 radical (unpaired) electrons. The molecule has 0 aliphatic heterocycles. The Morgan fingerprint density at radius 2 is 2.10 bits per heavy atom. The number of amides is 2. The summed E-state index contributed by atoms with van der Waals surface area (Å²) in [4.78, 5) is 23.1. The molecule has 2 amide bonds. The lowest BCUT2D eigenvalue weighted by Gasteiger charge is -2.14. The Morgan fingerprint density at radius 3 is 2.65 bits per heavy atom. The summed E-state index contributed by atoms with van der Waals surface area (Å²) in [5, 5.41) is 5.89. The molecule has 1 aromatic rings. The largest absolute Gasteiger partial charge is 0.495 e. The molecule has 0 bridgehead atoms. The molecule has 4 N–H and O–H groups in total. The molecule has 1 aromatic carbocycles. The van der Waals surface area contributed by atoms with Gasteiger partial charge in [-0.25, -0.2) is 0 Å². The molecule has 1 unspecified atom stereocenters. The van der Waals surface area contributed by atoms with Crippen molar-refractivity contribution in [3.63, 3.8) is 0 Å². The van der Waals surface area contributed by atoms with Crippen molar-refractivity contribution in [3.05, 3.63) is 23.8 Å². The number of nitrogens with two attached hydrogens (primary N) is 1. The van der Waals surface area contributed by atoms with Crippen LogP contribution in [0.3, 0.4) is 0 Å². The molecule has 6 nitrogen and oxygen atoms in total. The van der Waals surface area contributed by atoms with E-state index in [1.165, 1.54) is 13.2 Å². The summed E-state index contributed by atoms with van der Waals surface area (Å²) in [6, 6.07) is 4.74. The van der Waals surface area contributed by atoms with Gasteiger partial charge in [0.1, 0.15) is 5.75 Å². The maximum absolute atomic E-state index is 11.9. The van der Waals surface area contributed by atoms with Crippen LogP contribution in [0.2, 0.25) is 0 Å². The van der Waals surface area contributed by atoms with Crippen LogP contribution in [0.15, 0.2) is 18.2 Å². The van der Waals surface area contributed by atoms with Crippen LogP contribution in [0, 0.1) is 0 Å². The molecule has 1 rings (SSSR count). The number of carbonyl (C=O) groups excluding carboxylic acids is 2. The molecule has 20 heavy (non-hydrogen) atoms. The van der Waals surface area contributed by atoms with Gasteiger partial charge in [0.25, 0.3) is 0 Å². The quantitative estimate of drug-likeness (QED) is 0.697. The maximum Gasteiger partial charge on any atom is 0.248 e. The highest BCUT2D eigenvalue weighted by Gasteiger charge is 2.12. The molecular weight excluding hydrogens is 258 g/mol. The Kier molecular flexibility index (Phi) is 5.99. The van der Waals surface area contributed by atoms with Crippen molar-refractivity contribution in [1.82, 2.24) is 5.32 Å². The summed E-state index contributed by atoms with van der Waals surface area (Å²) in [7, 11) is 1.50. The lowest BCUT2D eigenvalue weighted by molar-refractivity contribution is -0.116. The highest BCUT2D eigenvalue weighted by Crippen LogP contribution is 2.25. The number of anilines is 1. The molecule has 0 aliphatic carbocycles. The van der Waals surface area contributed by atoms with Crippen LogP contribution in [0.4, 0.5) is 5.69 Å². The van der Waals surface area contributed by atoms with Gasteiger partial charge in [0, 0.05) is 18.0 Å². The summed E-state index contributed by atoms with van der Waals surface area (Å²) in [6.07, 6.45) is 0.331. The van der Waals surface area contributed by atoms with Crippen molar-refractivity contribution in [2.45, 2.75) is 26.3 Å². The van der Waals surface area contributed by atoms with E-state index in [0.717, 1.165) is 6.54 Å². The normalized spacial score (nSPS) is 11.8. The van der Waals surface area contributed by atoms with Gasteiger partial charge in [-0.05, 0) is 31.7 Å². The van der Waals surface area contributed by atoms with E-state index in [9.17, 15) is 9.59 Å². The van der Waals surface area contributed by atoms with Gasteiger partial charge < -0.3 is 21.1 Å². The molecule has 0 fully saturated rings. The summed E-state index contributed by atoms with van der Waals surface area (Å²) in [5.74, 6) is -0.220. The van der Waals surface area contributed by atoms with Gasteiger partial charge in [-0.2, -0.15) is 0 Å². The van der Waals surface area contributed by atoms with E-state index in [1.807, 2.05) is 13.8 Å². The van der Waals surface area contributed by atoms with Gasteiger partial charge in [0.2, 0.25) is 11.8 Å². The molecule has 6 heteroatoms. The second kappa shape index (κ2) is 7.49. The molecule has 0 saturated heterocycles. The SMILES string of the molecule is CCNC(C)CC(=O)Nc1cc(C(N)=O)ccc1OC. The number of carbonyl (C=O) groups is 2. The molecule has 110 valence electrons. The predicted molar refractivity (Wildman–Crippen MR) is 77.9 cm³/mol. The zero-order valence-corrected chi connectivity index (χ0v) is 12.0. The third kappa shape index (κ3) is 4.55. The Labute approximate surface area is 118 Å². The number of ether oxygens (including phenoxy) is 1. The minimum absolute atomic E-state index is 0.0744. The van der Waals surface area contributed by atoms with E-state index < -0.39 is 5.91 Å². The van der Waals surface area contributed by atoms with Crippen LogP contribution < -0.4 is 21.1 Å². The minimum atomic E-state index is -0.552. The molecule has 0 aliphatic rings. The molecule has 1 atom stereocenters. The van der Waals surface area contributed by atoms with Crippen molar-refractivity contribution in [2.75, 3.05) is 19.0 Å². The van der Waals surface area contributed by atoms with Crippen LogP contribution in [0.5, 0.6) is 5.75 Å². The van der Waals surface area contributed by atoms with E-state index in [4.69, 9.17) is 10.5 Å². The fourth-order valence-corrected chi connectivity index (χ4v) is 1.86. The monoisotopic (exact) mass is 279 g/mol. The summed E-state index contributed by atoms with van der Waals surface area (Å²) in [6.45, 7) is 4.71. The average Bonchev–Trinajstić information content (AvgIpc) is 2.38. The second-order valence-corrected chi connectivity index (χ2v) is 4.49. The average molecular weight is 279 g/mol. The molecular formula is C14H21N3O3. The number of methoxy groups -OCH3 is 1. The number of rotatable bonds is 7.